The van der Waals surface area contributed by atoms with Crippen molar-refractivity contribution in [1.29, 1.82) is 0 Å². The molecule has 0 aromatic carbocycles. The summed E-state index contributed by atoms with van der Waals surface area (Å²) in [6.07, 6.45) is 4.24. The molecule has 15 heavy (non-hydrogen) atoms. The maximum Gasteiger partial charge on any atom is 0.0102 e. The van der Waals surface area contributed by atoms with Gasteiger partial charge in [0.15, 0.2) is 0 Å². The van der Waals surface area contributed by atoms with Gasteiger partial charge in [-0.05, 0) is 38.8 Å². The molecule has 2 heteroatoms. The van der Waals surface area contributed by atoms with E-state index in [0.717, 1.165) is 12.6 Å². The minimum absolute atomic E-state index is 0.361. The predicted octanol–water partition coefficient (Wildman–Crippen LogP) is 2.49. The van der Waals surface area contributed by atoms with E-state index in [0.29, 0.717) is 11.5 Å². The molecule has 0 aromatic heterocycles. The summed E-state index contributed by atoms with van der Waals surface area (Å²) in [5, 5.41) is 3.54. The Bertz CT molecular complexity index is 185. The Hall–Kier alpha value is -0.0800. The Labute approximate surface area is 95.4 Å². The molecule has 1 saturated carbocycles. The molecule has 2 nitrogen and oxygen atoms in total. The highest BCUT2D eigenvalue weighted by molar-refractivity contribution is 4.87. The summed E-state index contributed by atoms with van der Waals surface area (Å²) in [5.41, 5.74) is 0.361. The van der Waals surface area contributed by atoms with Crippen molar-refractivity contribution in [2.45, 2.75) is 59.0 Å². The molecule has 1 N–H and O–H groups in total. The van der Waals surface area contributed by atoms with E-state index in [1.807, 2.05) is 0 Å². The van der Waals surface area contributed by atoms with Gasteiger partial charge in [-0.25, -0.2) is 0 Å². The lowest BCUT2D eigenvalue weighted by atomic mass is 9.83. The van der Waals surface area contributed by atoms with Crippen LogP contribution in [0.15, 0.2) is 0 Å². The van der Waals surface area contributed by atoms with E-state index in [-0.39, 0.29) is 0 Å². The van der Waals surface area contributed by atoms with Crippen LogP contribution in [0.5, 0.6) is 0 Å². The molecule has 1 unspecified atom stereocenters. The molecule has 0 saturated heterocycles. The Morgan fingerprint density at radius 3 is 2.40 bits per heavy atom. The van der Waals surface area contributed by atoms with Crippen LogP contribution in [0.25, 0.3) is 0 Å². The van der Waals surface area contributed by atoms with Crippen molar-refractivity contribution in [2.24, 2.45) is 5.41 Å². The van der Waals surface area contributed by atoms with Gasteiger partial charge in [-0.1, -0.05) is 27.2 Å². The van der Waals surface area contributed by atoms with E-state index in [9.17, 15) is 0 Å². The highest BCUT2D eigenvalue weighted by Crippen LogP contribution is 2.28. The van der Waals surface area contributed by atoms with Crippen LogP contribution in [-0.2, 0) is 0 Å². The van der Waals surface area contributed by atoms with E-state index in [4.69, 9.17) is 0 Å². The first-order valence-corrected chi connectivity index (χ1v) is 6.41. The fourth-order valence-corrected chi connectivity index (χ4v) is 2.32. The number of hydrogen-bond donors (Lipinski definition) is 1. The third-order valence-corrected chi connectivity index (χ3v) is 4.04. The molecule has 1 atom stereocenters. The molecular weight excluding hydrogens is 184 g/mol. The SMILES string of the molecule is CCNC(C)C(C)(C)CN(C)C1CCC1. The van der Waals surface area contributed by atoms with Gasteiger partial charge in [0.25, 0.3) is 0 Å². The first-order chi connectivity index (χ1) is 6.97. The van der Waals surface area contributed by atoms with Crippen molar-refractivity contribution in [1.82, 2.24) is 10.2 Å². The van der Waals surface area contributed by atoms with Crippen LogP contribution in [0.4, 0.5) is 0 Å². The molecule has 1 fully saturated rings. The maximum absolute atomic E-state index is 3.54. The maximum atomic E-state index is 3.54. The molecule has 1 aliphatic carbocycles. The average molecular weight is 212 g/mol. The average Bonchev–Trinajstić information content (AvgIpc) is 1.99. The highest BCUT2D eigenvalue weighted by Gasteiger charge is 2.30. The lowest BCUT2D eigenvalue weighted by Gasteiger charge is -2.42. The van der Waals surface area contributed by atoms with Crippen molar-refractivity contribution >= 4 is 0 Å². The lowest BCUT2D eigenvalue weighted by Crippen LogP contribution is -2.49. The summed E-state index contributed by atoms with van der Waals surface area (Å²) in [6, 6.07) is 1.45. The molecule has 0 radical (unpaired) electrons. The normalized spacial score (nSPS) is 20.4. The van der Waals surface area contributed by atoms with E-state index >= 15 is 0 Å². The number of rotatable bonds is 6. The molecular formula is C13H28N2. The third kappa shape index (κ3) is 3.46. The number of nitrogens with one attached hydrogen (secondary N) is 1. The molecule has 90 valence electrons. The van der Waals surface area contributed by atoms with Crippen molar-refractivity contribution < 1.29 is 0 Å². The van der Waals surface area contributed by atoms with Crippen LogP contribution in [0.3, 0.4) is 0 Å². The second kappa shape index (κ2) is 5.31. The molecule has 0 spiro atoms. The van der Waals surface area contributed by atoms with Crippen LogP contribution in [0.2, 0.25) is 0 Å². The van der Waals surface area contributed by atoms with Crippen LogP contribution in [-0.4, -0.2) is 37.1 Å². The first kappa shape index (κ1) is 13.0. The van der Waals surface area contributed by atoms with Gasteiger partial charge < -0.3 is 10.2 Å². The third-order valence-electron chi connectivity index (χ3n) is 4.04. The van der Waals surface area contributed by atoms with Gasteiger partial charge in [0.1, 0.15) is 0 Å². The van der Waals surface area contributed by atoms with E-state index in [2.05, 4.69) is 45.0 Å². The molecule has 0 aliphatic heterocycles. The Morgan fingerprint density at radius 2 is 2.00 bits per heavy atom. The molecule has 0 heterocycles. The van der Waals surface area contributed by atoms with Crippen molar-refractivity contribution in [3.05, 3.63) is 0 Å². The van der Waals surface area contributed by atoms with E-state index < -0.39 is 0 Å². The predicted molar refractivity (Wildman–Crippen MR) is 67.2 cm³/mol. The van der Waals surface area contributed by atoms with Crippen molar-refractivity contribution in [3.63, 3.8) is 0 Å². The zero-order valence-electron chi connectivity index (χ0n) is 11.1. The summed E-state index contributed by atoms with van der Waals surface area (Å²) in [5.74, 6) is 0. The Kier molecular flexibility index (Phi) is 4.60. The van der Waals surface area contributed by atoms with Gasteiger partial charge in [-0.3, -0.25) is 0 Å². The van der Waals surface area contributed by atoms with Crippen molar-refractivity contribution in [2.75, 3.05) is 20.1 Å². The smallest absolute Gasteiger partial charge is 0.0102 e. The minimum Gasteiger partial charge on any atom is -0.314 e. The standard InChI is InChI=1S/C13H28N2/c1-6-14-11(2)13(3,4)10-15(5)12-8-7-9-12/h11-12,14H,6-10H2,1-5H3. The summed E-state index contributed by atoms with van der Waals surface area (Å²) in [7, 11) is 2.28. The summed E-state index contributed by atoms with van der Waals surface area (Å²) >= 11 is 0. The van der Waals surface area contributed by atoms with Gasteiger partial charge in [0.05, 0.1) is 0 Å². The summed E-state index contributed by atoms with van der Waals surface area (Å²) in [6.45, 7) is 11.5. The molecule has 0 bridgehead atoms. The van der Waals surface area contributed by atoms with Gasteiger partial charge in [0.2, 0.25) is 0 Å². The van der Waals surface area contributed by atoms with Gasteiger partial charge in [0, 0.05) is 18.6 Å². The molecule has 1 aliphatic rings. The fourth-order valence-electron chi connectivity index (χ4n) is 2.32. The zero-order chi connectivity index (χ0) is 11.5. The molecule has 0 aromatic rings. The van der Waals surface area contributed by atoms with Gasteiger partial charge in [-0.2, -0.15) is 0 Å². The topological polar surface area (TPSA) is 15.3 Å². The van der Waals surface area contributed by atoms with E-state index in [1.54, 1.807) is 0 Å². The lowest BCUT2D eigenvalue weighted by molar-refractivity contribution is 0.0917. The van der Waals surface area contributed by atoms with Gasteiger partial charge >= 0.3 is 0 Å². The van der Waals surface area contributed by atoms with Crippen molar-refractivity contribution in [3.8, 4) is 0 Å². The fraction of sp³-hybridized carbons (Fsp3) is 1.00. The minimum atomic E-state index is 0.361. The number of hydrogen-bond acceptors (Lipinski definition) is 2. The number of nitrogens with zero attached hydrogens (tertiary/aromatic N) is 1. The second-order valence-corrected chi connectivity index (χ2v) is 5.77. The van der Waals surface area contributed by atoms with Crippen LogP contribution in [0, 0.1) is 5.41 Å². The molecule has 0 amide bonds. The van der Waals surface area contributed by atoms with Gasteiger partial charge in [-0.15, -0.1) is 0 Å². The summed E-state index contributed by atoms with van der Waals surface area (Å²) in [4.78, 5) is 2.55. The second-order valence-electron chi connectivity index (χ2n) is 5.77. The Balaban J connectivity index is 2.39. The van der Waals surface area contributed by atoms with Crippen LogP contribution in [0.1, 0.15) is 47.0 Å². The monoisotopic (exact) mass is 212 g/mol. The van der Waals surface area contributed by atoms with Crippen LogP contribution >= 0.6 is 0 Å². The zero-order valence-corrected chi connectivity index (χ0v) is 11.1. The van der Waals surface area contributed by atoms with Crippen LogP contribution < -0.4 is 5.32 Å². The summed E-state index contributed by atoms with van der Waals surface area (Å²) < 4.78 is 0. The Morgan fingerprint density at radius 1 is 1.40 bits per heavy atom. The largest absolute Gasteiger partial charge is 0.314 e. The first-order valence-electron chi connectivity index (χ1n) is 6.41. The molecule has 1 rings (SSSR count). The highest BCUT2D eigenvalue weighted by atomic mass is 15.1. The quantitative estimate of drug-likeness (QED) is 0.728. The van der Waals surface area contributed by atoms with E-state index in [1.165, 1.54) is 25.8 Å².